The first-order valence-electron chi connectivity index (χ1n) is 3.82. The number of allylic oxidation sites excluding steroid dienone is 3. The zero-order valence-corrected chi connectivity index (χ0v) is 9.08. The molecule has 0 atom stereocenters. The van der Waals surface area contributed by atoms with Crippen LogP contribution in [-0.4, -0.2) is 20.5 Å². The third kappa shape index (κ3) is 6.58. The van der Waals surface area contributed by atoms with Crippen LogP contribution in [0.2, 0.25) is 0 Å². The van der Waals surface area contributed by atoms with Gasteiger partial charge < -0.3 is 9.47 Å². The first kappa shape index (κ1) is 11.9. The van der Waals surface area contributed by atoms with E-state index < -0.39 is 0 Å². The Labute approximate surface area is 82.4 Å². The van der Waals surface area contributed by atoms with Crippen molar-refractivity contribution >= 4 is 15.9 Å². The molecule has 3 heteroatoms. The smallest absolute Gasteiger partial charge is 0.157 e. The maximum Gasteiger partial charge on any atom is 0.157 e. The van der Waals surface area contributed by atoms with E-state index in [9.17, 15) is 0 Å². The van der Waals surface area contributed by atoms with Crippen molar-refractivity contribution in [3.63, 3.8) is 0 Å². The summed E-state index contributed by atoms with van der Waals surface area (Å²) in [7, 11) is 3.30. The summed E-state index contributed by atoms with van der Waals surface area (Å²) in [5.74, 6) is 0. The highest BCUT2D eigenvalue weighted by Crippen LogP contribution is 2.02. The van der Waals surface area contributed by atoms with Crippen LogP contribution in [0.3, 0.4) is 0 Å². The Balaban J connectivity index is 3.40. The van der Waals surface area contributed by atoms with Gasteiger partial charge in [0.1, 0.15) is 0 Å². The summed E-state index contributed by atoms with van der Waals surface area (Å²) < 4.78 is 10.0. The molecule has 2 nitrogen and oxygen atoms in total. The van der Waals surface area contributed by atoms with Crippen molar-refractivity contribution in [3.05, 3.63) is 23.2 Å². The average Bonchev–Trinajstić information content (AvgIpc) is 2.11. The standard InChI is InChI=1S/C9H15BrO2/c1-11-9(12-2)7-5-3-4-6-8-10/h3-4,6,8-9H,5,7H2,1-2H3/b4-3-,8-6+. The van der Waals surface area contributed by atoms with Crippen molar-refractivity contribution in [2.45, 2.75) is 19.1 Å². The van der Waals surface area contributed by atoms with Crippen LogP contribution in [-0.2, 0) is 9.47 Å². The van der Waals surface area contributed by atoms with Gasteiger partial charge in [0.25, 0.3) is 0 Å². The minimum atomic E-state index is -0.0809. The fourth-order valence-electron chi connectivity index (χ4n) is 0.781. The van der Waals surface area contributed by atoms with E-state index in [-0.39, 0.29) is 6.29 Å². The van der Waals surface area contributed by atoms with Crippen LogP contribution in [0, 0.1) is 0 Å². The van der Waals surface area contributed by atoms with Gasteiger partial charge in [-0.1, -0.05) is 34.2 Å². The summed E-state index contributed by atoms with van der Waals surface area (Å²) in [5, 5.41) is 0. The molecule has 0 bridgehead atoms. The lowest BCUT2D eigenvalue weighted by atomic mass is 10.3. The normalized spacial score (nSPS) is 12.3. The Morgan fingerprint density at radius 1 is 1.25 bits per heavy atom. The van der Waals surface area contributed by atoms with Gasteiger partial charge in [0, 0.05) is 20.6 Å². The first-order valence-corrected chi connectivity index (χ1v) is 4.74. The van der Waals surface area contributed by atoms with Crippen molar-refractivity contribution in [3.8, 4) is 0 Å². The lowest BCUT2D eigenvalue weighted by Gasteiger charge is -2.10. The van der Waals surface area contributed by atoms with E-state index in [0.29, 0.717) is 0 Å². The molecule has 0 aliphatic rings. The van der Waals surface area contributed by atoms with Gasteiger partial charge in [-0.25, -0.2) is 0 Å². The summed E-state index contributed by atoms with van der Waals surface area (Å²) in [4.78, 5) is 1.81. The van der Waals surface area contributed by atoms with Crippen LogP contribution in [0.25, 0.3) is 0 Å². The van der Waals surface area contributed by atoms with Crippen LogP contribution < -0.4 is 0 Å². The quantitative estimate of drug-likeness (QED) is 0.520. The predicted molar refractivity (Wildman–Crippen MR) is 54.2 cm³/mol. The topological polar surface area (TPSA) is 18.5 Å². The van der Waals surface area contributed by atoms with E-state index in [0.717, 1.165) is 12.8 Å². The van der Waals surface area contributed by atoms with E-state index in [2.05, 4.69) is 22.0 Å². The molecule has 0 aromatic heterocycles. The van der Waals surface area contributed by atoms with Gasteiger partial charge in [0.15, 0.2) is 6.29 Å². The van der Waals surface area contributed by atoms with Crippen LogP contribution >= 0.6 is 15.9 Å². The average molecular weight is 235 g/mol. The largest absolute Gasteiger partial charge is 0.356 e. The lowest BCUT2D eigenvalue weighted by Crippen LogP contribution is -2.11. The van der Waals surface area contributed by atoms with Crippen LogP contribution in [0.15, 0.2) is 23.2 Å². The van der Waals surface area contributed by atoms with E-state index in [1.165, 1.54) is 0 Å². The van der Waals surface area contributed by atoms with Gasteiger partial charge in [0.05, 0.1) is 0 Å². The van der Waals surface area contributed by atoms with Crippen LogP contribution in [0.5, 0.6) is 0 Å². The number of halogens is 1. The number of methoxy groups -OCH3 is 2. The molecule has 0 aliphatic carbocycles. The Morgan fingerprint density at radius 3 is 2.42 bits per heavy atom. The summed E-state index contributed by atoms with van der Waals surface area (Å²) in [6.45, 7) is 0. The molecular formula is C9H15BrO2. The highest BCUT2D eigenvalue weighted by Gasteiger charge is 2.01. The van der Waals surface area contributed by atoms with Crippen LogP contribution in [0.1, 0.15) is 12.8 Å². The Hall–Kier alpha value is -0.120. The lowest BCUT2D eigenvalue weighted by molar-refractivity contribution is -0.105. The minimum Gasteiger partial charge on any atom is -0.356 e. The zero-order valence-electron chi connectivity index (χ0n) is 7.50. The molecule has 0 saturated carbocycles. The molecule has 0 amide bonds. The van der Waals surface area contributed by atoms with Gasteiger partial charge in [-0.05, 0) is 11.4 Å². The number of rotatable bonds is 6. The Kier molecular flexibility index (Phi) is 8.88. The summed E-state index contributed by atoms with van der Waals surface area (Å²) >= 11 is 3.18. The molecule has 0 N–H and O–H groups in total. The van der Waals surface area contributed by atoms with Crippen molar-refractivity contribution in [1.29, 1.82) is 0 Å². The molecule has 70 valence electrons. The Morgan fingerprint density at radius 2 is 1.92 bits per heavy atom. The van der Waals surface area contributed by atoms with E-state index in [1.807, 2.05) is 17.1 Å². The second-order valence-electron chi connectivity index (χ2n) is 2.22. The summed E-state index contributed by atoms with van der Waals surface area (Å²) in [5.41, 5.74) is 0. The molecule has 0 saturated heterocycles. The molecule has 0 radical (unpaired) electrons. The molecule has 0 rings (SSSR count). The highest BCUT2D eigenvalue weighted by atomic mass is 79.9. The number of hydrogen-bond donors (Lipinski definition) is 0. The van der Waals surface area contributed by atoms with Gasteiger partial charge in [-0.15, -0.1) is 0 Å². The fourth-order valence-corrected chi connectivity index (χ4v) is 0.957. The molecule has 0 spiro atoms. The molecule has 0 aromatic carbocycles. The molecular weight excluding hydrogens is 220 g/mol. The third-order valence-electron chi connectivity index (χ3n) is 1.41. The van der Waals surface area contributed by atoms with E-state index in [1.54, 1.807) is 14.2 Å². The van der Waals surface area contributed by atoms with Crippen molar-refractivity contribution < 1.29 is 9.47 Å². The van der Waals surface area contributed by atoms with Gasteiger partial charge in [0.2, 0.25) is 0 Å². The zero-order chi connectivity index (χ0) is 9.23. The second-order valence-corrected chi connectivity index (χ2v) is 2.75. The number of ether oxygens (including phenoxy) is 2. The fraction of sp³-hybridized carbons (Fsp3) is 0.556. The second kappa shape index (κ2) is 8.97. The molecule has 0 unspecified atom stereocenters. The molecule has 0 aliphatic heterocycles. The van der Waals surface area contributed by atoms with Crippen LogP contribution in [0.4, 0.5) is 0 Å². The van der Waals surface area contributed by atoms with Gasteiger partial charge >= 0.3 is 0 Å². The highest BCUT2D eigenvalue weighted by molar-refractivity contribution is 9.11. The monoisotopic (exact) mass is 234 g/mol. The van der Waals surface area contributed by atoms with Crippen molar-refractivity contribution in [2.24, 2.45) is 0 Å². The molecule has 0 aromatic rings. The SMILES string of the molecule is COC(CC/C=C\C=C\Br)OC. The molecule has 0 heterocycles. The van der Waals surface area contributed by atoms with E-state index >= 15 is 0 Å². The summed E-state index contributed by atoms with van der Waals surface area (Å²) in [6, 6.07) is 0. The van der Waals surface area contributed by atoms with Gasteiger partial charge in [-0.2, -0.15) is 0 Å². The predicted octanol–water partition coefficient (Wildman–Crippen LogP) is 2.85. The summed E-state index contributed by atoms with van der Waals surface area (Å²) in [6.07, 6.45) is 7.75. The molecule has 12 heavy (non-hydrogen) atoms. The maximum atomic E-state index is 5.02. The first-order chi connectivity index (χ1) is 5.85. The van der Waals surface area contributed by atoms with Crippen molar-refractivity contribution in [1.82, 2.24) is 0 Å². The van der Waals surface area contributed by atoms with E-state index in [4.69, 9.17) is 9.47 Å². The third-order valence-corrected chi connectivity index (χ3v) is 1.72. The Bertz CT molecular complexity index is 139. The minimum absolute atomic E-state index is 0.0809. The molecule has 0 fully saturated rings. The van der Waals surface area contributed by atoms with Gasteiger partial charge in [-0.3, -0.25) is 0 Å². The van der Waals surface area contributed by atoms with Crippen molar-refractivity contribution in [2.75, 3.05) is 14.2 Å². The maximum absolute atomic E-state index is 5.02. The number of hydrogen-bond acceptors (Lipinski definition) is 2.